The number of quaternary nitrogens is 1. The maximum Gasteiger partial charge on any atom is 0.314 e. The minimum absolute atomic E-state index is 0.152. The number of anilines is 1. The Bertz CT molecular complexity index is 582. The topological polar surface area (TPSA) is 59.8 Å². The molecule has 2 rings (SSSR count). The third kappa shape index (κ3) is 5.18. The quantitative estimate of drug-likeness (QED) is 0.792. The lowest BCUT2D eigenvalue weighted by Gasteiger charge is -2.28. The highest BCUT2D eigenvalue weighted by Gasteiger charge is 2.30. The monoisotopic (exact) mass is 343 g/mol. The van der Waals surface area contributed by atoms with E-state index in [2.05, 4.69) is 5.32 Å². The van der Waals surface area contributed by atoms with Crippen molar-refractivity contribution in [2.75, 3.05) is 31.6 Å². The van der Waals surface area contributed by atoms with E-state index in [1.54, 1.807) is 6.92 Å². The number of rotatable bonds is 5. The molecule has 126 valence electrons. The van der Waals surface area contributed by atoms with Crippen molar-refractivity contribution in [2.24, 2.45) is 5.92 Å². The van der Waals surface area contributed by atoms with Gasteiger partial charge in [-0.2, -0.15) is 0 Å². The summed E-state index contributed by atoms with van der Waals surface area (Å²) < 4.78 is 18.0. The lowest BCUT2D eigenvalue weighted by atomic mass is 9.98. The smallest absolute Gasteiger partial charge is 0.314 e. The summed E-state index contributed by atoms with van der Waals surface area (Å²) in [5.41, 5.74) is 0.386. The molecule has 1 aliphatic heterocycles. The number of likely N-dealkylation sites (tertiary alicyclic amines) is 1. The molecule has 0 radical (unpaired) electrons. The van der Waals surface area contributed by atoms with Crippen LogP contribution in [0, 0.1) is 11.7 Å². The summed E-state index contributed by atoms with van der Waals surface area (Å²) in [5.74, 6) is -1.00. The molecule has 1 aliphatic rings. The van der Waals surface area contributed by atoms with Crippen molar-refractivity contribution in [3.63, 3.8) is 0 Å². The van der Waals surface area contributed by atoms with E-state index in [1.165, 1.54) is 12.1 Å². The van der Waals surface area contributed by atoms with Crippen molar-refractivity contribution in [3.05, 3.63) is 29.0 Å². The van der Waals surface area contributed by atoms with Gasteiger partial charge in [0.15, 0.2) is 6.54 Å². The van der Waals surface area contributed by atoms with Crippen LogP contribution in [0.2, 0.25) is 5.02 Å². The van der Waals surface area contributed by atoms with Gasteiger partial charge in [0.2, 0.25) is 0 Å². The van der Waals surface area contributed by atoms with Crippen LogP contribution in [0.3, 0.4) is 0 Å². The summed E-state index contributed by atoms with van der Waals surface area (Å²) in [6.07, 6.45) is 1.68. The second-order valence-corrected chi connectivity index (χ2v) is 6.05. The van der Waals surface area contributed by atoms with Gasteiger partial charge in [0.05, 0.1) is 30.4 Å². The van der Waals surface area contributed by atoms with Gasteiger partial charge in [-0.1, -0.05) is 11.6 Å². The number of hydrogen-bond acceptors (Lipinski definition) is 3. The number of ether oxygens (including phenoxy) is 1. The second kappa shape index (κ2) is 8.26. The van der Waals surface area contributed by atoms with Gasteiger partial charge < -0.3 is 15.0 Å². The first-order valence-corrected chi connectivity index (χ1v) is 8.12. The van der Waals surface area contributed by atoms with E-state index in [4.69, 9.17) is 16.3 Å². The van der Waals surface area contributed by atoms with Crippen LogP contribution in [0.25, 0.3) is 0 Å². The average Bonchev–Trinajstić information content (AvgIpc) is 2.50. The molecule has 5 nitrogen and oxygen atoms in total. The van der Waals surface area contributed by atoms with E-state index in [0.29, 0.717) is 18.8 Å². The fraction of sp³-hybridized carbons (Fsp3) is 0.500. The van der Waals surface area contributed by atoms with E-state index < -0.39 is 5.82 Å². The lowest BCUT2D eigenvalue weighted by molar-refractivity contribution is -0.899. The Labute approximate surface area is 139 Å². The van der Waals surface area contributed by atoms with E-state index in [-0.39, 0.29) is 29.4 Å². The van der Waals surface area contributed by atoms with Crippen LogP contribution in [0.4, 0.5) is 10.1 Å². The molecule has 1 aromatic carbocycles. The fourth-order valence-corrected chi connectivity index (χ4v) is 3.00. The molecule has 1 saturated heterocycles. The molecule has 0 aliphatic carbocycles. The summed E-state index contributed by atoms with van der Waals surface area (Å²) in [6, 6.07) is 3.83. The Morgan fingerprint density at radius 2 is 2.26 bits per heavy atom. The molecule has 0 aromatic heterocycles. The van der Waals surface area contributed by atoms with Crippen molar-refractivity contribution in [1.82, 2.24) is 0 Å². The minimum Gasteiger partial charge on any atom is -0.466 e. The summed E-state index contributed by atoms with van der Waals surface area (Å²) in [5, 5.41) is 2.84. The first-order valence-electron chi connectivity index (χ1n) is 7.74. The minimum atomic E-state index is -0.452. The van der Waals surface area contributed by atoms with Crippen LogP contribution in [0.15, 0.2) is 18.2 Å². The summed E-state index contributed by atoms with van der Waals surface area (Å²) in [7, 11) is 0. The maximum absolute atomic E-state index is 13.0. The molecule has 1 amide bonds. The molecule has 1 unspecified atom stereocenters. The molecule has 1 heterocycles. The molecule has 23 heavy (non-hydrogen) atoms. The third-order valence-corrected chi connectivity index (χ3v) is 4.17. The standard InChI is InChI=1S/C16H20ClFN2O3/c1-2-23-16(22)11-4-3-7-20(9-11)10-15(21)19-14-6-5-12(18)8-13(14)17/h5-6,8,11H,2-4,7,9-10H2,1H3,(H,19,21)/p+1/t11-/m0/s1. The summed E-state index contributed by atoms with van der Waals surface area (Å²) in [6.45, 7) is 3.81. The summed E-state index contributed by atoms with van der Waals surface area (Å²) >= 11 is 5.89. The van der Waals surface area contributed by atoms with Gasteiger partial charge in [0.1, 0.15) is 11.7 Å². The Hall–Kier alpha value is -1.66. The van der Waals surface area contributed by atoms with E-state index in [1.807, 2.05) is 0 Å². The summed E-state index contributed by atoms with van der Waals surface area (Å²) in [4.78, 5) is 25.0. The normalized spacial score (nSPS) is 20.8. The molecule has 1 aromatic rings. The highest BCUT2D eigenvalue weighted by molar-refractivity contribution is 6.33. The highest BCUT2D eigenvalue weighted by atomic mass is 35.5. The number of carbonyl (C=O) groups is 2. The Balaban J connectivity index is 1.88. The molecule has 0 bridgehead atoms. The number of esters is 1. The maximum atomic E-state index is 13.0. The fourth-order valence-electron chi connectivity index (χ4n) is 2.79. The molecule has 0 spiro atoms. The number of nitrogens with one attached hydrogen (secondary N) is 2. The predicted molar refractivity (Wildman–Crippen MR) is 85.0 cm³/mol. The molecular weight excluding hydrogens is 323 g/mol. The number of amides is 1. The van der Waals surface area contributed by atoms with Gasteiger partial charge in [-0.15, -0.1) is 0 Å². The molecular formula is C16H21ClFN2O3+. The van der Waals surface area contributed by atoms with Gasteiger partial charge >= 0.3 is 5.97 Å². The zero-order valence-corrected chi connectivity index (χ0v) is 13.8. The SMILES string of the molecule is CCOC(=O)[C@H]1CCC[NH+](CC(=O)Nc2ccc(F)cc2Cl)C1. The van der Waals surface area contributed by atoms with Crippen molar-refractivity contribution in [3.8, 4) is 0 Å². The zero-order valence-electron chi connectivity index (χ0n) is 13.0. The Morgan fingerprint density at radius 1 is 1.48 bits per heavy atom. The van der Waals surface area contributed by atoms with Crippen molar-refractivity contribution >= 4 is 29.2 Å². The third-order valence-electron chi connectivity index (χ3n) is 3.85. The largest absolute Gasteiger partial charge is 0.466 e. The number of halogens is 2. The van der Waals surface area contributed by atoms with Gasteiger partial charge in [0.25, 0.3) is 5.91 Å². The van der Waals surface area contributed by atoms with Gasteiger partial charge in [-0.25, -0.2) is 4.39 Å². The number of piperidine rings is 1. The predicted octanol–water partition coefficient (Wildman–Crippen LogP) is 1.28. The van der Waals surface area contributed by atoms with Crippen LogP contribution in [0.1, 0.15) is 19.8 Å². The average molecular weight is 344 g/mol. The first-order chi connectivity index (χ1) is 11.0. The van der Waals surface area contributed by atoms with Gasteiger partial charge in [-0.05, 0) is 38.0 Å². The molecule has 1 fully saturated rings. The van der Waals surface area contributed by atoms with Crippen molar-refractivity contribution in [1.29, 1.82) is 0 Å². The number of carbonyl (C=O) groups excluding carboxylic acids is 2. The second-order valence-electron chi connectivity index (χ2n) is 5.64. The van der Waals surface area contributed by atoms with Gasteiger partial charge in [-0.3, -0.25) is 9.59 Å². The van der Waals surface area contributed by atoms with E-state index >= 15 is 0 Å². The Morgan fingerprint density at radius 3 is 2.96 bits per heavy atom. The molecule has 0 saturated carbocycles. The highest BCUT2D eigenvalue weighted by Crippen LogP contribution is 2.22. The van der Waals surface area contributed by atoms with E-state index in [9.17, 15) is 14.0 Å². The molecule has 2 N–H and O–H groups in total. The van der Waals surface area contributed by atoms with Crippen molar-refractivity contribution < 1.29 is 23.6 Å². The van der Waals surface area contributed by atoms with Crippen LogP contribution in [-0.2, 0) is 14.3 Å². The van der Waals surface area contributed by atoms with Crippen LogP contribution in [-0.4, -0.2) is 38.1 Å². The number of hydrogen-bond donors (Lipinski definition) is 2. The zero-order chi connectivity index (χ0) is 16.8. The molecule has 7 heteroatoms. The first kappa shape index (κ1) is 17.7. The van der Waals surface area contributed by atoms with Gasteiger partial charge in [0, 0.05) is 0 Å². The van der Waals surface area contributed by atoms with Crippen LogP contribution < -0.4 is 10.2 Å². The van der Waals surface area contributed by atoms with Crippen molar-refractivity contribution in [2.45, 2.75) is 19.8 Å². The number of benzene rings is 1. The lowest BCUT2D eigenvalue weighted by Crippen LogP contribution is -3.14. The van der Waals surface area contributed by atoms with Crippen LogP contribution in [0.5, 0.6) is 0 Å². The van der Waals surface area contributed by atoms with E-state index in [0.717, 1.165) is 30.4 Å². The molecule has 2 atom stereocenters. The Kier molecular flexibility index (Phi) is 6.36. The van der Waals surface area contributed by atoms with Crippen LogP contribution >= 0.6 is 11.6 Å².